The maximum atomic E-state index is 12.3. The quantitative estimate of drug-likeness (QED) is 0.427. The molecule has 0 aliphatic carbocycles. The summed E-state index contributed by atoms with van der Waals surface area (Å²) in [6.45, 7) is 2.38. The van der Waals surface area contributed by atoms with Crippen molar-refractivity contribution >= 4 is 34.7 Å². The van der Waals surface area contributed by atoms with E-state index in [2.05, 4.69) is 20.7 Å². The van der Waals surface area contributed by atoms with E-state index in [-0.39, 0.29) is 18.6 Å². The molecule has 2 amide bonds. The molecule has 2 N–H and O–H groups in total. The number of nitrogens with one attached hydrogen (secondary N) is 2. The third kappa shape index (κ3) is 5.04. The summed E-state index contributed by atoms with van der Waals surface area (Å²) in [4.78, 5) is 29.9. The van der Waals surface area contributed by atoms with E-state index in [1.165, 1.54) is 22.1 Å². The summed E-state index contributed by atoms with van der Waals surface area (Å²) in [5.74, 6) is 0. The van der Waals surface area contributed by atoms with Gasteiger partial charge in [-0.2, -0.15) is 5.10 Å². The Morgan fingerprint density at radius 1 is 1.06 bits per heavy atom. The van der Waals surface area contributed by atoms with Crippen LogP contribution >= 0.6 is 22.9 Å². The van der Waals surface area contributed by atoms with Crippen LogP contribution in [0.2, 0.25) is 5.02 Å². The van der Waals surface area contributed by atoms with Crippen molar-refractivity contribution in [3.05, 3.63) is 87.8 Å². The minimum atomic E-state index is -0.409. The number of thiazole rings is 1. The van der Waals surface area contributed by atoms with Gasteiger partial charge in [0, 0.05) is 18.2 Å². The van der Waals surface area contributed by atoms with Gasteiger partial charge in [-0.25, -0.2) is 14.5 Å². The number of anilines is 1. The summed E-state index contributed by atoms with van der Waals surface area (Å²) in [5, 5.41) is 11.2. The largest absolute Gasteiger partial charge is 0.336 e. The van der Waals surface area contributed by atoms with Crippen molar-refractivity contribution in [1.82, 2.24) is 20.1 Å². The number of aryl methyl sites for hydroxylation is 1. The zero-order valence-corrected chi connectivity index (χ0v) is 18.8. The molecule has 0 bridgehead atoms. The number of urea groups is 1. The number of nitrogens with zero attached hydrogens (tertiary/aromatic N) is 3. The standard InChI is InChI=1S/C23H20ClN5O2S/c1-15-21(32-22(26-15)16-7-3-2-4-8-16)19-11-12-20(30)29(28-19)14-13-25-23(31)27-18-10-6-5-9-17(18)24/h2-12H,13-14H2,1H3,(H2,25,27,31). The van der Waals surface area contributed by atoms with E-state index in [9.17, 15) is 9.59 Å². The van der Waals surface area contributed by atoms with Crippen molar-refractivity contribution in [3.8, 4) is 21.1 Å². The average Bonchev–Trinajstić information content (AvgIpc) is 3.19. The van der Waals surface area contributed by atoms with Gasteiger partial charge >= 0.3 is 6.03 Å². The summed E-state index contributed by atoms with van der Waals surface area (Å²) < 4.78 is 1.34. The monoisotopic (exact) mass is 465 g/mol. The minimum Gasteiger partial charge on any atom is -0.336 e. The van der Waals surface area contributed by atoms with Crippen LogP contribution in [0.4, 0.5) is 10.5 Å². The fourth-order valence-electron chi connectivity index (χ4n) is 3.07. The highest BCUT2D eigenvalue weighted by molar-refractivity contribution is 7.18. The molecule has 0 aliphatic rings. The van der Waals surface area contributed by atoms with E-state index in [0.717, 1.165) is 21.1 Å². The highest BCUT2D eigenvalue weighted by atomic mass is 35.5. The van der Waals surface area contributed by atoms with Crippen molar-refractivity contribution in [1.29, 1.82) is 0 Å². The minimum absolute atomic E-state index is 0.226. The SMILES string of the molecule is Cc1nc(-c2ccccc2)sc1-c1ccc(=O)n(CCNC(=O)Nc2ccccc2Cl)n1. The molecule has 0 atom stereocenters. The summed E-state index contributed by atoms with van der Waals surface area (Å²) in [6.07, 6.45) is 0. The molecule has 0 fully saturated rings. The van der Waals surface area contributed by atoms with Crippen molar-refractivity contribution in [2.75, 3.05) is 11.9 Å². The normalized spacial score (nSPS) is 10.7. The van der Waals surface area contributed by atoms with Crippen molar-refractivity contribution in [3.63, 3.8) is 0 Å². The molecule has 9 heteroatoms. The molecule has 162 valence electrons. The Bertz CT molecular complexity index is 1300. The first-order valence-electron chi connectivity index (χ1n) is 9.92. The lowest BCUT2D eigenvalue weighted by molar-refractivity contribution is 0.251. The van der Waals surface area contributed by atoms with Crippen molar-refractivity contribution < 1.29 is 4.79 Å². The van der Waals surface area contributed by atoms with Crippen LogP contribution in [0, 0.1) is 6.92 Å². The highest BCUT2D eigenvalue weighted by Gasteiger charge is 2.14. The average molecular weight is 466 g/mol. The first-order valence-corrected chi connectivity index (χ1v) is 11.1. The summed E-state index contributed by atoms with van der Waals surface area (Å²) in [7, 11) is 0. The van der Waals surface area contributed by atoms with E-state index in [1.54, 1.807) is 30.3 Å². The Labute approximate surface area is 193 Å². The van der Waals surface area contributed by atoms with Gasteiger partial charge < -0.3 is 10.6 Å². The first kappa shape index (κ1) is 21.7. The second-order valence-electron chi connectivity index (χ2n) is 6.94. The fraction of sp³-hybridized carbons (Fsp3) is 0.130. The number of amides is 2. The number of aromatic nitrogens is 3. The second-order valence-corrected chi connectivity index (χ2v) is 8.35. The number of halogens is 1. The molecule has 0 spiro atoms. The third-order valence-electron chi connectivity index (χ3n) is 4.65. The third-order valence-corrected chi connectivity index (χ3v) is 6.21. The molecule has 4 aromatic rings. The number of benzene rings is 2. The smallest absolute Gasteiger partial charge is 0.319 e. The zero-order valence-electron chi connectivity index (χ0n) is 17.2. The van der Waals surface area contributed by atoms with Crippen LogP contribution in [0.15, 0.2) is 71.5 Å². The predicted octanol–water partition coefficient (Wildman–Crippen LogP) is 4.82. The van der Waals surface area contributed by atoms with E-state index < -0.39 is 6.03 Å². The van der Waals surface area contributed by atoms with E-state index in [4.69, 9.17) is 11.6 Å². The Balaban J connectivity index is 1.44. The van der Waals surface area contributed by atoms with E-state index in [0.29, 0.717) is 16.4 Å². The number of hydrogen-bond donors (Lipinski definition) is 2. The number of carbonyl (C=O) groups is 1. The van der Waals surface area contributed by atoms with Gasteiger partial charge in [-0.1, -0.05) is 54.1 Å². The summed E-state index contributed by atoms with van der Waals surface area (Å²) in [5.41, 5.74) is 2.83. The molecule has 4 rings (SSSR count). The van der Waals surface area contributed by atoms with Crippen LogP contribution in [0.25, 0.3) is 21.1 Å². The first-order chi connectivity index (χ1) is 15.5. The number of hydrogen-bond acceptors (Lipinski definition) is 5. The Kier molecular flexibility index (Phi) is 6.63. The van der Waals surface area contributed by atoms with Crippen LogP contribution in [0.5, 0.6) is 0 Å². The summed E-state index contributed by atoms with van der Waals surface area (Å²) in [6, 6.07) is 19.7. The lowest BCUT2D eigenvalue weighted by atomic mass is 10.2. The Morgan fingerprint density at radius 3 is 2.59 bits per heavy atom. The van der Waals surface area contributed by atoms with E-state index in [1.807, 2.05) is 37.3 Å². The molecular formula is C23H20ClN5O2S. The number of rotatable bonds is 6. The molecule has 0 radical (unpaired) electrons. The molecule has 0 unspecified atom stereocenters. The molecule has 0 saturated heterocycles. The van der Waals surface area contributed by atoms with Gasteiger partial charge in [0.25, 0.3) is 5.56 Å². The zero-order chi connectivity index (χ0) is 22.5. The molecule has 2 heterocycles. The Hall–Kier alpha value is -3.49. The van der Waals surface area contributed by atoms with E-state index >= 15 is 0 Å². The van der Waals surface area contributed by atoms with Gasteiger partial charge in [0.15, 0.2) is 0 Å². The van der Waals surface area contributed by atoms with Crippen LogP contribution in [-0.4, -0.2) is 27.3 Å². The number of carbonyl (C=O) groups excluding carboxylic acids is 1. The molecule has 32 heavy (non-hydrogen) atoms. The van der Waals surface area contributed by atoms with Gasteiger partial charge in [0.2, 0.25) is 0 Å². The van der Waals surface area contributed by atoms with Gasteiger partial charge in [-0.3, -0.25) is 4.79 Å². The molecule has 0 saturated carbocycles. The molecule has 2 aromatic carbocycles. The molecular weight excluding hydrogens is 446 g/mol. The summed E-state index contributed by atoms with van der Waals surface area (Å²) >= 11 is 7.58. The van der Waals surface area contributed by atoms with Gasteiger partial charge in [0.1, 0.15) is 10.7 Å². The predicted molar refractivity (Wildman–Crippen MR) is 128 cm³/mol. The topological polar surface area (TPSA) is 88.9 Å². The highest BCUT2D eigenvalue weighted by Crippen LogP contribution is 2.33. The van der Waals surface area contributed by atoms with Gasteiger partial charge in [0.05, 0.1) is 27.8 Å². The van der Waals surface area contributed by atoms with Crippen LogP contribution in [0.3, 0.4) is 0 Å². The second kappa shape index (κ2) is 9.76. The Morgan fingerprint density at radius 2 is 1.81 bits per heavy atom. The fourth-order valence-corrected chi connectivity index (χ4v) is 4.29. The molecule has 0 aliphatic heterocycles. The lowest BCUT2D eigenvalue weighted by Crippen LogP contribution is -2.34. The van der Waals surface area contributed by atoms with Crippen molar-refractivity contribution in [2.45, 2.75) is 13.5 Å². The number of para-hydroxylation sites is 1. The maximum absolute atomic E-state index is 12.3. The van der Waals surface area contributed by atoms with Gasteiger partial charge in [-0.15, -0.1) is 11.3 Å². The maximum Gasteiger partial charge on any atom is 0.319 e. The van der Waals surface area contributed by atoms with Crippen LogP contribution in [0.1, 0.15) is 5.69 Å². The molecule has 2 aromatic heterocycles. The van der Waals surface area contributed by atoms with Crippen LogP contribution < -0.4 is 16.2 Å². The molecule has 7 nitrogen and oxygen atoms in total. The lowest BCUT2D eigenvalue weighted by Gasteiger charge is -2.10. The van der Waals surface area contributed by atoms with Gasteiger partial charge in [-0.05, 0) is 25.1 Å². The van der Waals surface area contributed by atoms with Crippen molar-refractivity contribution in [2.24, 2.45) is 0 Å². The van der Waals surface area contributed by atoms with Crippen LogP contribution in [-0.2, 0) is 6.54 Å².